The van der Waals surface area contributed by atoms with Gasteiger partial charge in [0.15, 0.2) is 0 Å². The van der Waals surface area contributed by atoms with Crippen LogP contribution in [-0.2, 0) is 6.54 Å². The molecule has 24 heavy (non-hydrogen) atoms. The quantitative estimate of drug-likeness (QED) is 0.799. The number of oxazole rings is 1. The summed E-state index contributed by atoms with van der Waals surface area (Å²) in [5, 5.41) is 8.12. The minimum Gasteiger partial charge on any atom is -0.440 e. The summed E-state index contributed by atoms with van der Waals surface area (Å²) in [7, 11) is 0. The number of rotatable bonds is 4. The SMILES string of the molecule is CC(C)N1CCN(Cc2cnc(-c3cccc4[nH]ncc34)o2)CC1. The van der Waals surface area contributed by atoms with E-state index in [1.807, 2.05) is 30.6 Å². The summed E-state index contributed by atoms with van der Waals surface area (Å²) in [5.41, 5.74) is 1.98. The molecule has 126 valence electrons. The van der Waals surface area contributed by atoms with Crippen molar-refractivity contribution in [2.45, 2.75) is 26.4 Å². The molecule has 1 aliphatic rings. The summed E-state index contributed by atoms with van der Waals surface area (Å²) in [4.78, 5) is 9.43. The van der Waals surface area contributed by atoms with Crippen molar-refractivity contribution < 1.29 is 4.42 Å². The molecule has 0 bridgehead atoms. The standard InChI is InChI=1S/C18H23N5O/c1-13(2)23-8-6-22(7-9-23)12-14-10-19-18(24-14)15-4-3-5-17-16(15)11-20-21-17/h3-5,10-11,13H,6-9,12H2,1-2H3,(H,20,21). The normalized spacial score (nSPS) is 17.1. The topological polar surface area (TPSA) is 61.2 Å². The Labute approximate surface area is 141 Å². The Morgan fingerprint density at radius 1 is 1.17 bits per heavy atom. The van der Waals surface area contributed by atoms with Crippen molar-refractivity contribution in [2.24, 2.45) is 0 Å². The van der Waals surface area contributed by atoms with Crippen LogP contribution in [0.4, 0.5) is 0 Å². The molecule has 0 aliphatic carbocycles. The molecule has 4 rings (SSSR count). The zero-order valence-corrected chi connectivity index (χ0v) is 14.2. The highest BCUT2D eigenvalue weighted by molar-refractivity contribution is 5.91. The number of H-pyrrole nitrogens is 1. The molecule has 0 saturated carbocycles. The molecule has 3 aromatic rings. The van der Waals surface area contributed by atoms with E-state index in [9.17, 15) is 0 Å². The Bertz CT molecular complexity index is 814. The third kappa shape index (κ3) is 2.95. The van der Waals surface area contributed by atoms with Crippen LogP contribution in [0.15, 0.2) is 35.0 Å². The van der Waals surface area contributed by atoms with Gasteiger partial charge < -0.3 is 4.42 Å². The van der Waals surface area contributed by atoms with E-state index in [1.54, 1.807) is 0 Å². The molecule has 6 heteroatoms. The van der Waals surface area contributed by atoms with E-state index in [2.05, 4.69) is 38.8 Å². The van der Waals surface area contributed by atoms with Gasteiger partial charge in [-0.05, 0) is 26.0 Å². The Morgan fingerprint density at radius 2 is 2.00 bits per heavy atom. The van der Waals surface area contributed by atoms with Gasteiger partial charge in [0, 0.05) is 43.2 Å². The van der Waals surface area contributed by atoms with E-state index >= 15 is 0 Å². The maximum Gasteiger partial charge on any atom is 0.227 e. The number of aromatic amines is 1. The molecule has 1 aliphatic heterocycles. The zero-order valence-electron chi connectivity index (χ0n) is 14.2. The first-order chi connectivity index (χ1) is 11.7. The summed E-state index contributed by atoms with van der Waals surface area (Å²) < 4.78 is 6.02. The van der Waals surface area contributed by atoms with Gasteiger partial charge in [0.05, 0.1) is 24.5 Å². The number of fused-ring (bicyclic) bond motifs is 1. The van der Waals surface area contributed by atoms with Gasteiger partial charge in [0.1, 0.15) is 5.76 Å². The van der Waals surface area contributed by atoms with Gasteiger partial charge in [-0.15, -0.1) is 0 Å². The predicted molar refractivity (Wildman–Crippen MR) is 93.6 cm³/mol. The second kappa shape index (κ2) is 6.37. The molecule has 3 heterocycles. The van der Waals surface area contributed by atoms with E-state index in [0.717, 1.165) is 55.0 Å². The fraction of sp³-hybridized carbons (Fsp3) is 0.444. The second-order valence-corrected chi connectivity index (χ2v) is 6.67. The van der Waals surface area contributed by atoms with Crippen molar-refractivity contribution in [1.29, 1.82) is 0 Å². The molecule has 0 spiro atoms. The van der Waals surface area contributed by atoms with E-state index in [1.165, 1.54) is 0 Å². The number of piperazine rings is 1. The van der Waals surface area contributed by atoms with Crippen molar-refractivity contribution in [3.05, 3.63) is 36.4 Å². The zero-order chi connectivity index (χ0) is 16.5. The number of nitrogens with zero attached hydrogens (tertiary/aromatic N) is 4. The highest BCUT2D eigenvalue weighted by atomic mass is 16.4. The van der Waals surface area contributed by atoms with Crippen LogP contribution in [0.25, 0.3) is 22.4 Å². The summed E-state index contributed by atoms with van der Waals surface area (Å²) in [5.74, 6) is 1.58. The molecule has 1 aromatic carbocycles. The third-order valence-electron chi connectivity index (χ3n) is 4.79. The largest absolute Gasteiger partial charge is 0.440 e. The Kier molecular flexibility index (Phi) is 4.08. The van der Waals surface area contributed by atoms with Gasteiger partial charge in [-0.2, -0.15) is 5.10 Å². The van der Waals surface area contributed by atoms with E-state index in [0.29, 0.717) is 11.9 Å². The van der Waals surface area contributed by atoms with Crippen LogP contribution in [-0.4, -0.2) is 57.2 Å². The van der Waals surface area contributed by atoms with E-state index in [-0.39, 0.29) is 0 Å². The molecular formula is C18H23N5O. The van der Waals surface area contributed by atoms with Gasteiger partial charge in [0.2, 0.25) is 5.89 Å². The molecule has 0 radical (unpaired) electrons. The Hall–Kier alpha value is -2.18. The first-order valence-corrected chi connectivity index (χ1v) is 8.54. The molecule has 1 saturated heterocycles. The molecule has 1 fully saturated rings. The maximum atomic E-state index is 6.02. The second-order valence-electron chi connectivity index (χ2n) is 6.67. The molecule has 6 nitrogen and oxygen atoms in total. The number of hydrogen-bond acceptors (Lipinski definition) is 5. The van der Waals surface area contributed by atoms with Gasteiger partial charge in [-0.25, -0.2) is 4.98 Å². The van der Waals surface area contributed by atoms with Crippen LogP contribution in [0.2, 0.25) is 0 Å². The van der Waals surface area contributed by atoms with Crippen molar-refractivity contribution in [3.8, 4) is 11.5 Å². The predicted octanol–water partition coefficient (Wildman–Crippen LogP) is 2.74. The average Bonchev–Trinajstić information content (AvgIpc) is 3.24. The fourth-order valence-electron chi connectivity index (χ4n) is 3.32. The Morgan fingerprint density at radius 3 is 2.79 bits per heavy atom. The number of benzene rings is 1. The lowest BCUT2D eigenvalue weighted by molar-refractivity contribution is 0.0992. The first kappa shape index (κ1) is 15.4. The van der Waals surface area contributed by atoms with Gasteiger partial charge in [-0.1, -0.05) is 6.07 Å². The van der Waals surface area contributed by atoms with Crippen LogP contribution in [0.3, 0.4) is 0 Å². The lowest BCUT2D eigenvalue weighted by Crippen LogP contribution is -2.48. The first-order valence-electron chi connectivity index (χ1n) is 8.54. The smallest absolute Gasteiger partial charge is 0.227 e. The molecule has 2 aromatic heterocycles. The Balaban J connectivity index is 1.47. The number of nitrogens with one attached hydrogen (secondary N) is 1. The van der Waals surface area contributed by atoms with Crippen LogP contribution >= 0.6 is 0 Å². The number of hydrogen-bond donors (Lipinski definition) is 1. The molecule has 0 amide bonds. The summed E-state index contributed by atoms with van der Waals surface area (Å²) >= 11 is 0. The van der Waals surface area contributed by atoms with Crippen molar-refractivity contribution in [3.63, 3.8) is 0 Å². The summed E-state index contributed by atoms with van der Waals surface area (Å²) in [6.07, 6.45) is 3.67. The minimum atomic E-state index is 0.625. The lowest BCUT2D eigenvalue weighted by atomic mass is 10.1. The van der Waals surface area contributed by atoms with Crippen LogP contribution < -0.4 is 0 Å². The van der Waals surface area contributed by atoms with Crippen molar-refractivity contribution in [2.75, 3.05) is 26.2 Å². The maximum absolute atomic E-state index is 6.02. The van der Waals surface area contributed by atoms with Gasteiger partial charge >= 0.3 is 0 Å². The monoisotopic (exact) mass is 325 g/mol. The van der Waals surface area contributed by atoms with E-state index in [4.69, 9.17) is 4.42 Å². The number of aromatic nitrogens is 3. The summed E-state index contributed by atoms with van der Waals surface area (Å²) in [6.45, 7) is 9.72. The van der Waals surface area contributed by atoms with Gasteiger partial charge in [-0.3, -0.25) is 14.9 Å². The van der Waals surface area contributed by atoms with Gasteiger partial charge in [0.25, 0.3) is 0 Å². The summed E-state index contributed by atoms with van der Waals surface area (Å²) in [6, 6.07) is 6.64. The lowest BCUT2D eigenvalue weighted by Gasteiger charge is -2.36. The molecule has 0 atom stereocenters. The fourth-order valence-corrected chi connectivity index (χ4v) is 3.32. The van der Waals surface area contributed by atoms with Crippen LogP contribution in [0, 0.1) is 0 Å². The van der Waals surface area contributed by atoms with Crippen molar-refractivity contribution >= 4 is 10.9 Å². The molecule has 1 N–H and O–H groups in total. The van der Waals surface area contributed by atoms with E-state index < -0.39 is 0 Å². The molecular weight excluding hydrogens is 302 g/mol. The highest BCUT2D eigenvalue weighted by Gasteiger charge is 2.20. The van der Waals surface area contributed by atoms with Crippen LogP contribution in [0.1, 0.15) is 19.6 Å². The van der Waals surface area contributed by atoms with Crippen molar-refractivity contribution in [1.82, 2.24) is 25.0 Å². The molecule has 0 unspecified atom stereocenters. The van der Waals surface area contributed by atoms with Crippen LogP contribution in [0.5, 0.6) is 0 Å². The average molecular weight is 325 g/mol. The minimum absolute atomic E-state index is 0.625. The highest BCUT2D eigenvalue weighted by Crippen LogP contribution is 2.27. The third-order valence-corrected chi connectivity index (χ3v) is 4.79.